The van der Waals surface area contributed by atoms with Crippen LogP contribution in [0.15, 0.2) is 72.9 Å². The summed E-state index contributed by atoms with van der Waals surface area (Å²) in [5.74, 6) is 0.354. The van der Waals surface area contributed by atoms with Crippen molar-refractivity contribution in [1.29, 1.82) is 0 Å². The number of amides is 2. The van der Waals surface area contributed by atoms with Crippen LogP contribution in [0.5, 0.6) is 0 Å². The van der Waals surface area contributed by atoms with E-state index in [0.29, 0.717) is 12.8 Å². The molecule has 0 aromatic carbocycles. The zero-order chi connectivity index (χ0) is 32.5. The van der Waals surface area contributed by atoms with Crippen LogP contribution in [0, 0.1) is 0 Å². The first kappa shape index (κ1) is 40.4. The van der Waals surface area contributed by atoms with Gasteiger partial charge >= 0.3 is 0 Å². The van der Waals surface area contributed by atoms with Crippen molar-refractivity contribution in [2.45, 2.75) is 174 Å². The second kappa shape index (κ2) is 31.4. The van der Waals surface area contributed by atoms with Crippen LogP contribution >= 0.6 is 0 Å². The van der Waals surface area contributed by atoms with Crippen molar-refractivity contribution in [3.05, 3.63) is 72.9 Å². The summed E-state index contributed by atoms with van der Waals surface area (Å²) in [7, 11) is 0. The van der Waals surface area contributed by atoms with E-state index in [1.54, 1.807) is 0 Å². The molecule has 0 saturated heterocycles. The minimum absolute atomic E-state index is 0.177. The highest BCUT2D eigenvalue weighted by Crippen LogP contribution is 2.20. The minimum Gasteiger partial charge on any atom is -0.353 e. The van der Waals surface area contributed by atoms with E-state index >= 15 is 0 Å². The third kappa shape index (κ3) is 27.4. The minimum atomic E-state index is 0.177. The maximum atomic E-state index is 12.4. The van der Waals surface area contributed by atoms with Crippen LogP contribution in [-0.2, 0) is 9.59 Å². The van der Waals surface area contributed by atoms with Gasteiger partial charge < -0.3 is 10.6 Å². The number of unbranched alkanes of at least 4 members (excludes halogenated alkanes) is 10. The van der Waals surface area contributed by atoms with Crippen LogP contribution < -0.4 is 10.6 Å². The molecule has 0 radical (unpaired) electrons. The Balaban J connectivity index is 1.93. The molecule has 1 fully saturated rings. The molecular weight excluding hydrogens is 552 g/mol. The Bertz CT molecular complexity index is 823. The van der Waals surface area contributed by atoms with Crippen molar-refractivity contribution in [2.24, 2.45) is 0 Å². The lowest BCUT2D eigenvalue weighted by Crippen LogP contribution is -2.37. The largest absolute Gasteiger partial charge is 0.353 e. The lowest BCUT2D eigenvalue weighted by molar-refractivity contribution is -0.122. The molecule has 4 heteroatoms. The molecule has 1 aliphatic carbocycles. The maximum absolute atomic E-state index is 12.4. The summed E-state index contributed by atoms with van der Waals surface area (Å²) in [5, 5.41) is 6.43. The summed E-state index contributed by atoms with van der Waals surface area (Å²) in [5.41, 5.74) is 0. The normalized spacial score (nSPS) is 17.4. The molecule has 0 aromatic rings. The number of nitrogens with one attached hydrogen (secondary N) is 2. The van der Waals surface area contributed by atoms with Gasteiger partial charge in [-0.1, -0.05) is 125 Å². The molecule has 0 bridgehead atoms. The molecule has 254 valence electrons. The lowest BCUT2D eigenvalue weighted by atomic mass is 10.1. The summed E-state index contributed by atoms with van der Waals surface area (Å²) in [6, 6.07) is 0.426. The van der Waals surface area contributed by atoms with Gasteiger partial charge in [0.05, 0.1) is 0 Å². The summed E-state index contributed by atoms with van der Waals surface area (Å²) in [4.78, 5) is 24.8. The number of carbonyl (C=O) groups is 2. The van der Waals surface area contributed by atoms with Gasteiger partial charge in [0, 0.05) is 24.9 Å². The quantitative estimate of drug-likeness (QED) is 0.0675. The molecule has 45 heavy (non-hydrogen) atoms. The van der Waals surface area contributed by atoms with Crippen molar-refractivity contribution < 1.29 is 9.59 Å². The highest BCUT2D eigenvalue weighted by atomic mass is 16.2. The molecule has 0 spiro atoms. The summed E-state index contributed by atoms with van der Waals surface area (Å²) < 4.78 is 0. The third-order valence-electron chi connectivity index (χ3n) is 8.27. The Kier molecular flexibility index (Phi) is 28.2. The topological polar surface area (TPSA) is 58.2 Å². The number of carbonyl (C=O) groups excluding carboxylic acids is 2. The fourth-order valence-corrected chi connectivity index (χ4v) is 5.65. The first-order valence-corrected chi connectivity index (χ1v) is 18.6. The fourth-order valence-electron chi connectivity index (χ4n) is 5.65. The molecular formula is C41H68N2O2. The van der Waals surface area contributed by atoms with Gasteiger partial charge in [0.15, 0.2) is 0 Å². The van der Waals surface area contributed by atoms with Gasteiger partial charge in [-0.2, -0.15) is 0 Å². The Morgan fingerprint density at radius 2 is 0.800 bits per heavy atom. The number of allylic oxidation sites excluding steroid dienone is 12. The van der Waals surface area contributed by atoms with Crippen molar-refractivity contribution in [3.63, 3.8) is 0 Å². The molecule has 0 aromatic heterocycles. The Hall–Kier alpha value is -2.62. The molecule has 1 rings (SSSR count). The Labute approximate surface area is 278 Å². The summed E-state index contributed by atoms with van der Waals surface area (Å²) >= 11 is 0. The second-order valence-electron chi connectivity index (χ2n) is 12.5. The Morgan fingerprint density at radius 3 is 1.20 bits per heavy atom. The Morgan fingerprint density at radius 1 is 0.467 bits per heavy atom. The molecule has 1 aliphatic rings. The number of hydrogen-bond acceptors (Lipinski definition) is 2. The zero-order valence-electron chi connectivity index (χ0n) is 29.2. The SMILES string of the molecule is CCC=CCC=CCC=CCCCCCCCC(=O)N[C@@H]1CC[C@H](NC(=O)CCCCCCCC=CCC=CCC=CCC)C1. The number of hydrogen-bond donors (Lipinski definition) is 2. The van der Waals surface area contributed by atoms with Crippen LogP contribution in [0.3, 0.4) is 0 Å². The molecule has 0 heterocycles. The molecule has 2 N–H and O–H groups in total. The van der Waals surface area contributed by atoms with E-state index < -0.39 is 0 Å². The predicted molar refractivity (Wildman–Crippen MR) is 196 cm³/mol. The second-order valence-corrected chi connectivity index (χ2v) is 12.5. The predicted octanol–water partition coefficient (Wildman–Crippen LogP) is 11.3. The van der Waals surface area contributed by atoms with Crippen molar-refractivity contribution >= 4 is 11.8 Å². The lowest BCUT2D eigenvalue weighted by Gasteiger charge is -2.15. The van der Waals surface area contributed by atoms with Gasteiger partial charge in [-0.05, 0) is 96.3 Å². The highest BCUT2D eigenvalue weighted by Gasteiger charge is 2.26. The van der Waals surface area contributed by atoms with E-state index in [1.165, 1.54) is 38.5 Å². The van der Waals surface area contributed by atoms with Gasteiger partial charge in [0.25, 0.3) is 0 Å². The van der Waals surface area contributed by atoms with Crippen molar-refractivity contribution in [1.82, 2.24) is 10.6 Å². The average Bonchev–Trinajstić information content (AvgIpc) is 3.47. The molecule has 0 unspecified atom stereocenters. The first-order chi connectivity index (χ1) is 22.2. The highest BCUT2D eigenvalue weighted by molar-refractivity contribution is 5.77. The van der Waals surface area contributed by atoms with Gasteiger partial charge in [-0.15, -0.1) is 0 Å². The molecule has 2 atom stereocenters. The summed E-state index contributed by atoms with van der Waals surface area (Å²) in [6.07, 6.45) is 51.2. The van der Waals surface area contributed by atoms with Crippen LogP contribution in [0.25, 0.3) is 0 Å². The maximum Gasteiger partial charge on any atom is 0.220 e. The van der Waals surface area contributed by atoms with Gasteiger partial charge in [0.1, 0.15) is 0 Å². The average molecular weight is 621 g/mol. The van der Waals surface area contributed by atoms with Crippen molar-refractivity contribution in [3.8, 4) is 0 Å². The van der Waals surface area contributed by atoms with Crippen molar-refractivity contribution in [2.75, 3.05) is 0 Å². The van der Waals surface area contributed by atoms with E-state index in [9.17, 15) is 9.59 Å². The van der Waals surface area contributed by atoms with Gasteiger partial charge in [0.2, 0.25) is 11.8 Å². The zero-order valence-corrected chi connectivity index (χ0v) is 29.2. The van der Waals surface area contributed by atoms with E-state index in [4.69, 9.17) is 0 Å². The monoisotopic (exact) mass is 621 g/mol. The number of rotatable bonds is 28. The smallest absolute Gasteiger partial charge is 0.220 e. The van der Waals surface area contributed by atoms with Crippen LogP contribution in [0.1, 0.15) is 162 Å². The standard InChI is InChI=1S/C41H68N2O2/c1-3-5-7-9-11-13-15-17-19-21-23-25-27-29-31-33-40(44)42-38-35-36-39(37-38)43-41(45)34-32-30-28-26-24-22-20-18-16-14-12-10-8-6-4-2/h5-8,11-14,17-20,38-39H,3-4,9-10,15-16,21-37H2,1-2H3,(H,42,44)(H,43,45)/t38-,39+. The molecule has 1 saturated carbocycles. The van der Waals surface area contributed by atoms with Crippen LogP contribution in [-0.4, -0.2) is 23.9 Å². The van der Waals surface area contributed by atoms with E-state index in [-0.39, 0.29) is 23.9 Å². The van der Waals surface area contributed by atoms with Gasteiger partial charge in [-0.3, -0.25) is 9.59 Å². The molecule has 0 aliphatic heterocycles. The van der Waals surface area contributed by atoms with E-state index in [0.717, 1.165) is 96.3 Å². The van der Waals surface area contributed by atoms with E-state index in [1.807, 2.05) is 0 Å². The van der Waals surface area contributed by atoms with E-state index in [2.05, 4.69) is 97.4 Å². The fraction of sp³-hybridized carbons (Fsp3) is 0.659. The molecule has 2 amide bonds. The summed E-state index contributed by atoms with van der Waals surface area (Å²) in [6.45, 7) is 4.32. The van der Waals surface area contributed by atoms with Crippen LogP contribution in [0.2, 0.25) is 0 Å². The first-order valence-electron chi connectivity index (χ1n) is 18.6. The third-order valence-corrected chi connectivity index (χ3v) is 8.27. The molecule has 4 nitrogen and oxygen atoms in total. The van der Waals surface area contributed by atoms with Crippen LogP contribution in [0.4, 0.5) is 0 Å². The van der Waals surface area contributed by atoms with Gasteiger partial charge in [-0.25, -0.2) is 0 Å².